The average Bonchev–Trinajstić information content (AvgIpc) is 2.94. The fourth-order valence-corrected chi connectivity index (χ4v) is 3.21. The fraction of sp³-hybridized carbons (Fsp3) is 0.308. The van der Waals surface area contributed by atoms with E-state index in [9.17, 15) is 35.1 Å². The summed E-state index contributed by atoms with van der Waals surface area (Å²) in [5, 5.41) is 51.0. The van der Waals surface area contributed by atoms with Crippen molar-refractivity contribution in [1.29, 1.82) is 0 Å². The number of ether oxygens (including phenoxy) is 2. The van der Waals surface area contributed by atoms with Gasteiger partial charge in [-0.3, -0.25) is 9.97 Å². The smallest absolute Gasteiger partial charge is 0.338 e. The summed E-state index contributed by atoms with van der Waals surface area (Å²) in [6.45, 7) is -0.992. The summed E-state index contributed by atoms with van der Waals surface area (Å²) < 4.78 is 9.97. The number of carbonyl (C=O) groups is 2. The van der Waals surface area contributed by atoms with Gasteiger partial charge in [0.05, 0.1) is 34.8 Å². The normalized spacial score (nSPS) is 15.2. The van der Waals surface area contributed by atoms with Crippen LogP contribution in [-0.2, 0) is 15.9 Å². The molecule has 0 saturated carbocycles. The lowest BCUT2D eigenvalue weighted by molar-refractivity contribution is -0.0824. The number of hydrogen-bond acceptors (Lipinski definition) is 11. The number of benzene rings is 2. The van der Waals surface area contributed by atoms with E-state index in [4.69, 9.17) is 9.47 Å². The van der Waals surface area contributed by atoms with Gasteiger partial charge in [0, 0.05) is 12.6 Å². The van der Waals surface area contributed by atoms with Crippen LogP contribution in [0, 0.1) is 0 Å². The van der Waals surface area contributed by atoms with Crippen molar-refractivity contribution in [3.05, 3.63) is 95.6 Å². The van der Waals surface area contributed by atoms with Crippen molar-refractivity contribution in [2.45, 2.75) is 36.9 Å². The van der Waals surface area contributed by atoms with E-state index in [0.29, 0.717) is 5.56 Å². The number of aromatic nitrogens is 2. The molecule has 1 heterocycles. The molecule has 0 unspecified atom stereocenters. The molecule has 0 spiro atoms. The van der Waals surface area contributed by atoms with Crippen molar-refractivity contribution < 1.29 is 44.6 Å². The topological polar surface area (TPSA) is 180 Å². The summed E-state index contributed by atoms with van der Waals surface area (Å²) in [5.74, 6) is -1.33. The fourth-order valence-electron chi connectivity index (χ4n) is 3.21. The molecule has 0 radical (unpaired) electrons. The highest BCUT2D eigenvalue weighted by molar-refractivity contribution is 5.89. The van der Waals surface area contributed by atoms with Crippen molar-refractivity contribution in [2.24, 2.45) is 0 Å². The highest BCUT2D eigenvalue weighted by Gasteiger charge is 2.29. The van der Waals surface area contributed by atoms with Crippen LogP contribution >= 0.6 is 0 Å². The number of aliphatic hydroxyl groups excluding tert-OH is 5. The molecule has 0 aliphatic carbocycles. The lowest BCUT2D eigenvalue weighted by atomic mass is 10.1. The van der Waals surface area contributed by atoms with E-state index in [1.807, 2.05) is 0 Å². The van der Waals surface area contributed by atoms with Gasteiger partial charge in [-0.25, -0.2) is 9.59 Å². The van der Waals surface area contributed by atoms with Gasteiger partial charge in [0.2, 0.25) is 0 Å². The van der Waals surface area contributed by atoms with Crippen molar-refractivity contribution in [1.82, 2.24) is 9.97 Å². The number of hydrogen-bond donors (Lipinski definition) is 5. The van der Waals surface area contributed by atoms with Crippen LogP contribution in [0.3, 0.4) is 0 Å². The molecule has 0 amide bonds. The van der Waals surface area contributed by atoms with Crippen LogP contribution in [0.15, 0.2) is 73.1 Å². The van der Waals surface area contributed by atoms with Gasteiger partial charge < -0.3 is 35.0 Å². The molecule has 1 aromatic heterocycles. The maximum Gasteiger partial charge on any atom is 0.338 e. The Balaban J connectivity index is 1.46. The van der Waals surface area contributed by atoms with Crippen LogP contribution in [0.25, 0.3) is 0 Å². The maximum atomic E-state index is 12.0. The monoisotopic (exact) mass is 512 g/mol. The third kappa shape index (κ3) is 8.13. The van der Waals surface area contributed by atoms with Crippen LogP contribution in [0.4, 0.5) is 0 Å². The Hall–Kier alpha value is -3.74. The van der Waals surface area contributed by atoms with Crippen molar-refractivity contribution in [2.75, 3.05) is 13.2 Å². The molecule has 2 aromatic carbocycles. The second-order valence-electron chi connectivity index (χ2n) is 8.20. The van der Waals surface area contributed by atoms with Gasteiger partial charge >= 0.3 is 11.9 Å². The van der Waals surface area contributed by atoms with Gasteiger partial charge in [-0.05, 0) is 24.3 Å². The zero-order valence-electron chi connectivity index (χ0n) is 19.7. The molecule has 5 atom stereocenters. The summed E-state index contributed by atoms with van der Waals surface area (Å²) in [7, 11) is 0. The highest BCUT2D eigenvalue weighted by atomic mass is 16.5. The van der Waals surface area contributed by atoms with Gasteiger partial charge in [0.15, 0.2) is 0 Å². The van der Waals surface area contributed by atoms with E-state index in [0.717, 1.165) is 6.20 Å². The molecule has 0 bridgehead atoms. The Morgan fingerprint density at radius 2 is 1.19 bits per heavy atom. The molecule has 0 aliphatic heterocycles. The molecular weight excluding hydrogens is 484 g/mol. The van der Waals surface area contributed by atoms with Crippen molar-refractivity contribution in [3.63, 3.8) is 0 Å². The Kier molecular flexibility index (Phi) is 10.2. The first-order valence-electron chi connectivity index (χ1n) is 11.4. The SMILES string of the molecule is O=C(OC[C@@H](O)[C@@H](O)[C@H](O)c1cnc(C[C@H](O)[C@@H](O)COC(=O)c2ccccc2)cn1)c1ccccc1. The minimum Gasteiger partial charge on any atom is -0.459 e. The van der Waals surface area contributed by atoms with Gasteiger partial charge in [0.25, 0.3) is 0 Å². The summed E-state index contributed by atoms with van der Waals surface area (Å²) >= 11 is 0. The predicted octanol–water partition coefficient (Wildman–Crippen LogP) is 0.210. The molecule has 3 rings (SSSR count). The standard InChI is InChI=1S/C26H28N2O9/c29-20(21(30)14-36-25(34)16-7-3-1-4-8-16)11-18-12-28-19(13-27-18)23(32)24(33)22(31)15-37-26(35)17-9-5-2-6-10-17/h1-10,12-13,20-24,29-33H,11,14-15H2/t20-,21-,22+,23+,24+/m0/s1. The zero-order valence-corrected chi connectivity index (χ0v) is 19.7. The number of rotatable bonds is 12. The molecule has 37 heavy (non-hydrogen) atoms. The van der Waals surface area contributed by atoms with E-state index in [2.05, 4.69) is 9.97 Å². The van der Waals surface area contributed by atoms with E-state index in [1.165, 1.54) is 18.3 Å². The van der Waals surface area contributed by atoms with Gasteiger partial charge in [-0.2, -0.15) is 0 Å². The van der Waals surface area contributed by atoms with Crippen LogP contribution < -0.4 is 0 Å². The number of esters is 2. The molecule has 5 N–H and O–H groups in total. The molecule has 11 heteroatoms. The lowest BCUT2D eigenvalue weighted by Gasteiger charge is -2.22. The summed E-state index contributed by atoms with van der Waals surface area (Å²) in [6, 6.07) is 16.3. The van der Waals surface area contributed by atoms with Crippen molar-refractivity contribution >= 4 is 11.9 Å². The molecule has 3 aromatic rings. The molecule has 11 nitrogen and oxygen atoms in total. The molecule has 0 aliphatic rings. The zero-order chi connectivity index (χ0) is 26.8. The Bertz CT molecular complexity index is 1130. The number of aliphatic hydroxyl groups is 5. The van der Waals surface area contributed by atoms with Gasteiger partial charge in [-0.15, -0.1) is 0 Å². The van der Waals surface area contributed by atoms with Crippen LogP contribution in [0.5, 0.6) is 0 Å². The number of carbonyl (C=O) groups excluding carboxylic acids is 2. The van der Waals surface area contributed by atoms with E-state index < -0.39 is 55.7 Å². The summed E-state index contributed by atoms with van der Waals surface area (Å²) in [6.07, 6.45) is -5.43. The lowest BCUT2D eigenvalue weighted by Crippen LogP contribution is -2.36. The van der Waals surface area contributed by atoms with Crippen LogP contribution in [0.2, 0.25) is 0 Å². The molecular formula is C26H28N2O9. The maximum absolute atomic E-state index is 12.0. The first-order valence-corrected chi connectivity index (χ1v) is 11.4. The Morgan fingerprint density at radius 3 is 1.68 bits per heavy atom. The van der Waals surface area contributed by atoms with E-state index in [-0.39, 0.29) is 23.4 Å². The molecule has 196 valence electrons. The third-order valence-electron chi connectivity index (χ3n) is 5.40. The molecule has 0 saturated heterocycles. The van der Waals surface area contributed by atoms with E-state index >= 15 is 0 Å². The average molecular weight is 513 g/mol. The Labute approximate surface area is 212 Å². The Morgan fingerprint density at radius 1 is 0.676 bits per heavy atom. The summed E-state index contributed by atoms with van der Waals surface area (Å²) in [5.41, 5.74) is 0.763. The van der Waals surface area contributed by atoms with E-state index in [1.54, 1.807) is 48.5 Å². The highest BCUT2D eigenvalue weighted by Crippen LogP contribution is 2.18. The second kappa shape index (κ2) is 13.5. The van der Waals surface area contributed by atoms with Crippen LogP contribution in [-0.4, -0.2) is 85.1 Å². The largest absolute Gasteiger partial charge is 0.459 e. The quantitative estimate of drug-likeness (QED) is 0.209. The van der Waals surface area contributed by atoms with Crippen molar-refractivity contribution in [3.8, 4) is 0 Å². The third-order valence-corrected chi connectivity index (χ3v) is 5.40. The van der Waals surface area contributed by atoms with Gasteiger partial charge in [-0.1, -0.05) is 36.4 Å². The predicted molar refractivity (Wildman–Crippen MR) is 128 cm³/mol. The number of nitrogens with zero attached hydrogens (tertiary/aromatic N) is 2. The first kappa shape index (κ1) is 27.8. The first-order chi connectivity index (χ1) is 17.8. The molecule has 0 fully saturated rings. The minimum atomic E-state index is -1.73. The summed E-state index contributed by atoms with van der Waals surface area (Å²) in [4.78, 5) is 31.9. The van der Waals surface area contributed by atoms with Crippen LogP contribution in [0.1, 0.15) is 38.2 Å². The second-order valence-corrected chi connectivity index (χ2v) is 8.20. The van der Waals surface area contributed by atoms with Gasteiger partial charge in [0.1, 0.15) is 37.6 Å². The minimum absolute atomic E-state index is 0.0727.